The Balaban J connectivity index is 0.000000662. The third kappa shape index (κ3) is 14.2. The lowest BCUT2D eigenvalue weighted by atomic mass is 10.2. The molecule has 250 valence electrons. The normalized spacial score (nSPS) is 17.2. The number of aliphatic hydroxyl groups excluding tert-OH is 2. The second kappa shape index (κ2) is 24.5. The van der Waals surface area contributed by atoms with Crippen LogP contribution in [0.5, 0.6) is 0 Å². The summed E-state index contributed by atoms with van der Waals surface area (Å²) < 4.78 is 19.3. The van der Waals surface area contributed by atoms with Gasteiger partial charge in [0.2, 0.25) is 10.6 Å². The molecular weight excluding hydrogens is 1030 g/mol. The van der Waals surface area contributed by atoms with Gasteiger partial charge in [-0.15, -0.1) is 24.0 Å². The van der Waals surface area contributed by atoms with Gasteiger partial charge in [0.15, 0.2) is 22.4 Å². The van der Waals surface area contributed by atoms with Crippen LogP contribution in [0.15, 0.2) is 0 Å². The lowest BCUT2D eigenvalue weighted by molar-refractivity contribution is 0.0549. The number of aliphatic hydroxyl groups is 2. The number of ether oxygens (including phenoxy) is 4. The average Bonchev–Trinajstić information content (AvgIpc) is 3.04. The number of carbonyl (C=O) groups is 2. The predicted molar refractivity (Wildman–Crippen MR) is 194 cm³/mol. The monoisotopic (exact) mass is 1060 g/mol. The van der Waals surface area contributed by atoms with Crippen molar-refractivity contribution < 1.29 is 38.7 Å². The van der Waals surface area contributed by atoms with Crippen LogP contribution in [-0.2, 0) is 18.9 Å². The summed E-state index contributed by atoms with van der Waals surface area (Å²) in [4.78, 5) is 39.3. The van der Waals surface area contributed by atoms with E-state index in [0.717, 1.165) is 13.2 Å². The minimum Gasteiger partial charge on any atom is -0.464 e. The molecule has 2 aromatic rings. The Morgan fingerprint density at radius 2 is 1.43 bits per heavy atom. The van der Waals surface area contributed by atoms with Crippen molar-refractivity contribution in [3.63, 3.8) is 0 Å². The van der Waals surface area contributed by atoms with Crippen molar-refractivity contribution >= 4 is 137 Å². The van der Waals surface area contributed by atoms with E-state index in [1.54, 1.807) is 4.90 Å². The molecule has 2 aromatic heterocycles. The molecule has 0 spiro atoms. The highest BCUT2D eigenvalue weighted by Crippen LogP contribution is 2.30. The number of esters is 2. The second-order valence-corrected chi connectivity index (χ2v) is 9.71. The molecule has 14 nitrogen and oxygen atoms in total. The predicted octanol–water partition coefficient (Wildman–Crippen LogP) is 4.35. The maximum Gasteiger partial charge on any atom is 0.358 e. The number of anilines is 1. The lowest BCUT2D eigenvalue weighted by Crippen LogP contribution is -2.48. The Hall–Kier alpha value is 0.340. The molecule has 0 saturated carbocycles. The second-order valence-electron chi connectivity index (χ2n) is 7.92. The summed E-state index contributed by atoms with van der Waals surface area (Å²) >= 11 is 32.8. The van der Waals surface area contributed by atoms with Crippen LogP contribution in [0.4, 0.5) is 5.82 Å². The number of nitrogens with one attached hydrogen (secondary N) is 1. The highest BCUT2D eigenvalue weighted by Gasteiger charge is 2.29. The molecule has 4 rings (SSSR count). The highest BCUT2D eigenvalue weighted by atomic mass is 128. The van der Waals surface area contributed by atoms with Gasteiger partial charge in [0, 0.05) is 50.3 Å². The van der Waals surface area contributed by atoms with E-state index >= 15 is 0 Å². The minimum absolute atomic E-state index is 0. The molecule has 2 saturated heterocycles. The number of methoxy groups -OCH3 is 2. The third-order valence-electron chi connectivity index (χ3n) is 5.28. The molecule has 0 bridgehead atoms. The number of hydrogen-bond acceptors (Lipinski definition) is 14. The summed E-state index contributed by atoms with van der Waals surface area (Å²) in [6.07, 6.45) is 0. The summed E-state index contributed by atoms with van der Waals surface area (Å²) in [6.45, 7) is 3.60. The quantitative estimate of drug-likeness (QED) is 0.167. The highest BCUT2D eigenvalue weighted by molar-refractivity contribution is 15.0. The maximum absolute atomic E-state index is 11.6. The van der Waals surface area contributed by atoms with E-state index in [1.165, 1.54) is 14.2 Å². The van der Waals surface area contributed by atoms with Crippen molar-refractivity contribution in [1.29, 1.82) is 0 Å². The van der Waals surface area contributed by atoms with Crippen molar-refractivity contribution in [1.82, 2.24) is 25.3 Å². The summed E-state index contributed by atoms with van der Waals surface area (Å²) in [7, 11) is 2.42. The van der Waals surface area contributed by atoms with Crippen molar-refractivity contribution in [2.45, 2.75) is 12.1 Å². The van der Waals surface area contributed by atoms with Gasteiger partial charge in [-0.05, 0) is 23.2 Å². The smallest absolute Gasteiger partial charge is 0.358 e. The SMILES string of the molecule is COC(=O)c1nc(Cl)nc(Cl)c1Cl.COC(=O)c1nc(Cl)nc(N2CCOCC2CO)c1Cl.I.II.OCC1COCCN1. The molecule has 2 fully saturated rings. The van der Waals surface area contributed by atoms with Crippen LogP contribution in [0.25, 0.3) is 0 Å². The van der Waals surface area contributed by atoms with Crippen LogP contribution in [0, 0.1) is 0 Å². The number of morpholine rings is 2. The van der Waals surface area contributed by atoms with E-state index in [-0.39, 0.29) is 92.2 Å². The number of carbonyl (C=O) groups excluding carboxylic acids is 2. The molecule has 2 atom stereocenters. The van der Waals surface area contributed by atoms with Gasteiger partial charge in [-0.2, -0.15) is 4.98 Å². The van der Waals surface area contributed by atoms with Crippen LogP contribution < -0.4 is 10.2 Å². The first-order chi connectivity index (χ1) is 20.6. The number of rotatable bonds is 5. The first-order valence-corrected chi connectivity index (χ1v) is 20.0. The summed E-state index contributed by atoms with van der Waals surface area (Å²) in [5, 5.41) is 20.6. The van der Waals surface area contributed by atoms with Crippen LogP contribution >= 0.6 is 119 Å². The van der Waals surface area contributed by atoms with Crippen molar-refractivity contribution in [2.24, 2.45) is 0 Å². The molecular formula is C22H28Cl5I3N6O8. The van der Waals surface area contributed by atoms with E-state index in [9.17, 15) is 14.7 Å². The van der Waals surface area contributed by atoms with E-state index in [2.05, 4.69) is 72.0 Å². The number of halogens is 8. The van der Waals surface area contributed by atoms with Gasteiger partial charge in [-0.1, -0.05) is 34.8 Å². The fourth-order valence-corrected chi connectivity index (χ4v) is 4.26. The Morgan fingerprint density at radius 1 is 0.886 bits per heavy atom. The number of hydrogen-bond donors (Lipinski definition) is 3. The van der Waals surface area contributed by atoms with Crippen molar-refractivity contribution in [3.05, 3.63) is 37.2 Å². The first kappa shape index (κ1) is 44.3. The zero-order valence-corrected chi connectivity index (χ0v) is 33.4. The van der Waals surface area contributed by atoms with Gasteiger partial charge in [-0.3, -0.25) is 0 Å². The first-order valence-electron chi connectivity index (χ1n) is 11.9. The van der Waals surface area contributed by atoms with E-state index in [0.29, 0.717) is 26.4 Å². The van der Waals surface area contributed by atoms with Crippen LogP contribution in [0.1, 0.15) is 21.0 Å². The maximum atomic E-state index is 11.6. The van der Waals surface area contributed by atoms with Gasteiger partial charge in [-0.25, -0.2) is 24.5 Å². The molecule has 0 radical (unpaired) electrons. The fraction of sp³-hybridized carbons (Fsp3) is 0.545. The van der Waals surface area contributed by atoms with Crippen molar-refractivity contribution in [3.8, 4) is 0 Å². The largest absolute Gasteiger partial charge is 0.464 e. The van der Waals surface area contributed by atoms with Gasteiger partial charge >= 0.3 is 11.9 Å². The molecule has 2 aliphatic rings. The molecule has 44 heavy (non-hydrogen) atoms. The van der Waals surface area contributed by atoms with Crippen LogP contribution in [0.2, 0.25) is 25.8 Å². The topological polar surface area (TPSA) is 178 Å². The van der Waals surface area contributed by atoms with Gasteiger partial charge in [0.1, 0.15) is 10.0 Å². The minimum atomic E-state index is -0.712. The molecule has 2 unspecified atom stereocenters. The van der Waals surface area contributed by atoms with Crippen LogP contribution in [-0.4, -0.2) is 121 Å². The molecule has 0 aromatic carbocycles. The fourth-order valence-electron chi connectivity index (χ4n) is 3.28. The van der Waals surface area contributed by atoms with Gasteiger partial charge < -0.3 is 39.4 Å². The zero-order chi connectivity index (χ0) is 32.5. The summed E-state index contributed by atoms with van der Waals surface area (Å²) in [5.74, 6) is -1.13. The number of aromatic nitrogens is 4. The Labute approximate surface area is 318 Å². The average molecular weight is 1060 g/mol. The molecule has 3 N–H and O–H groups in total. The summed E-state index contributed by atoms with van der Waals surface area (Å²) in [6, 6.07) is -0.138. The van der Waals surface area contributed by atoms with Gasteiger partial charge in [0.25, 0.3) is 0 Å². The van der Waals surface area contributed by atoms with E-state index < -0.39 is 11.9 Å². The number of nitrogens with zero attached hydrogens (tertiary/aromatic N) is 5. The Morgan fingerprint density at radius 3 is 1.91 bits per heavy atom. The van der Waals surface area contributed by atoms with Crippen molar-refractivity contribution in [2.75, 3.05) is 71.9 Å². The van der Waals surface area contributed by atoms with E-state index in [4.69, 9.17) is 72.6 Å². The molecule has 4 heterocycles. The van der Waals surface area contributed by atoms with Gasteiger partial charge in [0.05, 0.1) is 65.9 Å². The Bertz CT molecular complexity index is 1190. The van der Waals surface area contributed by atoms with Crippen LogP contribution in [0.3, 0.4) is 0 Å². The molecule has 0 aliphatic carbocycles. The standard InChI is InChI=1S/C11H13Cl2N3O4.C6H3Cl3N2O2.C5H11NO2.I2.HI/c1-19-10(18)8-7(12)9(15-11(13)14-8)16-2-3-20-5-6(16)4-17;1-13-5(12)3-2(7)4(8)11-6(9)10-3;7-3-5-4-8-2-1-6-5;1-2;/h6,17H,2-5H2,1H3;1H3;5-7H,1-4H2;;1H. The molecule has 2 aliphatic heterocycles. The van der Waals surface area contributed by atoms with E-state index in [1.807, 2.05) is 0 Å². The lowest BCUT2D eigenvalue weighted by Gasteiger charge is -2.35. The Kier molecular flexibility index (Phi) is 24.7. The summed E-state index contributed by atoms with van der Waals surface area (Å²) in [5.41, 5.74) is -0.249. The zero-order valence-electron chi connectivity index (χ0n) is 22.9. The third-order valence-corrected chi connectivity index (χ3v) is 6.69. The molecule has 22 heteroatoms. The molecule has 0 amide bonds.